The minimum atomic E-state index is -4.80. The van der Waals surface area contributed by atoms with E-state index >= 15 is 0 Å². The number of aliphatic carboxylic acids is 2. The highest BCUT2D eigenvalue weighted by molar-refractivity contribution is 5.87. The van der Waals surface area contributed by atoms with E-state index in [1.807, 2.05) is 0 Å². The fraction of sp³-hybridized carbons (Fsp3) is 0.600. The Bertz CT molecular complexity index is 462. The van der Waals surface area contributed by atoms with E-state index in [1.165, 1.54) is 0 Å². The van der Waals surface area contributed by atoms with E-state index in [9.17, 15) is 45.5 Å². The summed E-state index contributed by atoms with van der Waals surface area (Å²) in [6.45, 7) is 0. The number of carbonyl (C=O) groups excluding carboxylic acids is 2. The lowest BCUT2D eigenvalue weighted by Gasteiger charge is -2.18. The summed E-state index contributed by atoms with van der Waals surface area (Å²) in [6.07, 6.45) is -12.2. The summed E-state index contributed by atoms with van der Waals surface area (Å²) in [5.41, 5.74) is 0. The number of halogens is 6. The number of hydrogen-bond acceptors (Lipinski definition) is 5. The SMILES string of the molecule is O=C(CC(F)(F)C(F)C(=O)O)OC(=O)CC(F)(F)C(F)C(=O)O. The molecule has 0 aliphatic rings. The van der Waals surface area contributed by atoms with E-state index in [2.05, 4.69) is 4.74 Å². The summed E-state index contributed by atoms with van der Waals surface area (Å²) in [4.78, 5) is 41.7. The number of ether oxygens (including phenoxy) is 1. The van der Waals surface area contributed by atoms with Gasteiger partial charge in [-0.2, -0.15) is 0 Å². The molecule has 0 saturated carbocycles. The van der Waals surface area contributed by atoms with E-state index in [4.69, 9.17) is 10.2 Å². The molecule has 0 heterocycles. The largest absolute Gasteiger partial charge is 0.479 e. The van der Waals surface area contributed by atoms with Gasteiger partial charge in [0.15, 0.2) is 0 Å². The monoisotopic (exact) mass is 354 g/mol. The summed E-state index contributed by atoms with van der Waals surface area (Å²) in [5, 5.41) is 16.0. The van der Waals surface area contributed by atoms with Crippen molar-refractivity contribution in [3.63, 3.8) is 0 Å². The van der Waals surface area contributed by atoms with Crippen molar-refractivity contribution in [3.8, 4) is 0 Å². The van der Waals surface area contributed by atoms with Crippen molar-refractivity contribution < 1.29 is 60.5 Å². The van der Waals surface area contributed by atoms with Gasteiger partial charge in [-0.1, -0.05) is 0 Å². The van der Waals surface area contributed by atoms with Crippen molar-refractivity contribution >= 4 is 23.9 Å². The second-order valence-electron chi connectivity index (χ2n) is 4.12. The average Bonchev–Trinajstić information content (AvgIpc) is 2.34. The van der Waals surface area contributed by atoms with Crippen LogP contribution in [0.3, 0.4) is 0 Å². The molecule has 0 fully saturated rings. The number of hydrogen-bond donors (Lipinski definition) is 2. The molecular formula is C10H8F6O7. The van der Waals surface area contributed by atoms with Gasteiger partial charge >= 0.3 is 23.9 Å². The smallest absolute Gasteiger partial charge is 0.344 e. The fourth-order valence-corrected chi connectivity index (χ4v) is 1.12. The van der Waals surface area contributed by atoms with Gasteiger partial charge in [-0.3, -0.25) is 9.59 Å². The van der Waals surface area contributed by atoms with Crippen LogP contribution in [-0.4, -0.2) is 58.3 Å². The van der Waals surface area contributed by atoms with Crippen molar-refractivity contribution in [2.45, 2.75) is 37.0 Å². The number of carbonyl (C=O) groups is 4. The second kappa shape index (κ2) is 7.28. The summed E-state index contributed by atoms with van der Waals surface area (Å²) in [5.74, 6) is -19.4. The maximum Gasteiger partial charge on any atom is 0.344 e. The van der Waals surface area contributed by atoms with Gasteiger partial charge < -0.3 is 14.9 Å². The topological polar surface area (TPSA) is 118 Å². The molecule has 0 aliphatic heterocycles. The van der Waals surface area contributed by atoms with Crippen LogP contribution < -0.4 is 0 Å². The lowest BCUT2D eigenvalue weighted by Crippen LogP contribution is -2.41. The minimum absolute atomic E-state index is 2.26. The van der Waals surface area contributed by atoms with Crippen LogP contribution in [0.1, 0.15) is 12.8 Å². The summed E-state index contributed by atoms with van der Waals surface area (Å²) in [6, 6.07) is 0. The van der Waals surface area contributed by atoms with Crippen LogP contribution in [0.4, 0.5) is 26.3 Å². The van der Waals surface area contributed by atoms with Gasteiger partial charge in [0.05, 0.1) is 0 Å². The molecule has 23 heavy (non-hydrogen) atoms. The maximum atomic E-state index is 12.9. The minimum Gasteiger partial charge on any atom is -0.479 e. The number of alkyl halides is 6. The second-order valence-corrected chi connectivity index (χ2v) is 4.12. The first-order valence-corrected chi connectivity index (χ1v) is 5.43. The van der Waals surface area contributed by atoms with Crippen LogP contribution in [0.5, 0.6) is 0 Å². The molecule has 2 atom stereocenters. The van der Waals surface area contributed by atoms with Gasteiger partial charge in [-0.25, -0.2) is 35.9 Å². The Morgan fingerprint density at radius 1 is 0.783 bits per heavy atom. The third kappa shape index (κ3) is 6.12. The molecule has 0 bridgehead atoms. The highest BCUT2D eigenvalue weighted by Crippen LogP contribution is 2.28. The van der Waals surface area contributed by atoms with Crippen molar-refractivity contribution in [2.24, 2.45) is 0 Å². The van der Waals surface area contributed by atoms with Crippen molar-refractivity contribution in [1.82, 2.24) is 0 Å². The molecule has 2 unspecified atom stereocenters. The Balaban J connectivity index is 4.72. The van der Waals surface area contributed by atoms with Gasteiger partial charge in [0.25, 0.3) is 24.2 Å². The highest BCUT2D eigenvalue weighted by Gasteiger charge is 2.50. The van der Waals surface area contributed by atoms with Crippen LogP contribution in [0.25, 0.3) is 0 Å². The standard InChI is InChI=1S/C10H8F6O7/c11-5(7(19)20)9(13,14)1-3(17)23-4(18)2-10(15,16)6(12)8(21)22/h5-6H,1-2H2,(H,19,20)(H,21,22). The zero-order chi connectivity index (χ0) is 18.6. The lowest BCUT2D eigenvalue weighted by molar-refractivity contribution is -0.177. The lowest BCUT2D eigenvalue weighted by atomic mass is 10.1. The molecular weight excluding hydrogens is 346 g/mol. The fourth-order valence-electron chi connectivity index (χ4n) is 1.12. The molecule has 132 valence electrons. The van der Waals surface area contributed by atoms with Gasteiger partial charge in [-0.15, -0.1) is 0 Å². The molecule has 2 N–H and O–H groups in total. The number of esters is 2. The van der Waals surface area contributed by atoms with Crippen LogP contribution in [0.2, 0.25) is 0 Å². The molecule has 0 aromatic rings. The first-order chi connectivity index (χ1) is 10.2. The summed E-state index contributed by atoms with van der Waals surface area (Å²) >= 11 is 0. The molecule has 0 rings (SSSR count). The zero-order valence-corrected chi connectivity index (χ0v) is 10.8. The Hall–Kier alpha value is -2.34. The van der Waals surface area contributed by atoms with Gasteiger partial charge in [-0.05, 0) is 0 Å². The van der Waals surface area contributed by atoms with Crippen LogP contribution in [0.15, 0.2) is 0 Å². The predicted molar refractivity (Wildman–Crippen MR) is 55.3 cm³/mol. The summed E-state index contributed by atoms with van der Waals surface area (Å²) in [7, 11) is 0. The molecule has 0 saturated heterocycles. The third-order valence-corrected chi connectivity index (χ3v) is 2.16. The van der Waals surface area contributed by atoms with Gasteiger partial charge in [0.2, 0.25) is 0 Å². The van der Waals surface area contributed by atoms with Crippen molar-refractivity contribution in [3.05, 3.63) is 0 Å². The van der Waals surface area contributed by atoms with E-state index in [1.54, 1.807) is 0 Å². The normalized spacial score (nSPS) is 14.7. The van der Waals surface area contributed by atoms with Crippen LogP contribution >= 0.6 is 0 Å². The Morgan fingerprint density at radius 2 is 1.04 bits per heavy atom. The predicted octanol–water partition coefficient (Wildman–Crippen LogP) is 0.952. The van der Waals surface area contributed by atoms with Crippen molar-refractivity contribution in [1.29, 1.82) is 0 Å². The average molecular weight is 354 g/mol. The Kier molecular flexibility index (Phi) is 6.54. The number of carboxylic acid groups (broad SMARTS) is 2. The maximum absolute atomic E-state index is 12.9. The Morgan fingerprint density at radius 3 is 1.26 bits per heavy atom. The molecule has 0 aromatic carbocycles. The van der Waals surface area contributed by atoms with Crippen LogP contribution in [-0.2, 0) is 23.9 Å². The zero-order valence-electron chi connectivity index (χ0n) is 10.8. The van der Waals surface area contributed by atoms with Crippen LogP contribution in [0, 0.1) is 0 Å². The van der Waals surface area contributed by atoms with E-state index in [0.717, 1.165) is 0 Å². The molecule has 13 heteroatoms. The third-order valence-electron chi connectivity index (χ3n) is 2.16. The molecule has 7 nitrogen and oxygen atoms in total. The first-order valence-electron chi connectivity index (χ1n) is 5.43. The van der Waals surface area contributed by atoms with E-state index < -0.39 is 60.9 Å². The molecule has 0 aliphatic carbocycles. The molecule has 0 amide bonds. The summed E-state index contributed by atoms with van der Waals surface area (Å²) < 4.78 is 80.2. The van der Waals surface area contributed by atoms with Gasteiger partial charge in [0, 0.05) is 0 Å². The quantitative estimate of drug-likeness (QED) is 0.378. The molecule has 0 spiro atoms. The molecule has 0 radical (unpaired) electrons. The van der Waals surface area contributed by atoms with E-state index in [-0.39, 0.29) is 0 Å². The van der Waals surface area contributed by atoms with Gasteiger partial charge in [0.1, 0.15) is 12.8 Å². The Labute approximate surface area is 122 Å². The number of rotatable bonds is 8. The van der Waals surface area contributed by atoms with Crippen molar-refractivity contribution in [2.75, 3.05) is 0 Å². The first kappa shape index (κ1) is 20.7. The molecule has 0 aromatic heterocycles. The van der Waals surface area contributed by atoms with E-state index in [0.29, 0.717) is 0 Å². The highest BCUT2D eigenvalue weighted by atomic mass is 19.3. The number of carboxylic acids is 2.